The maximum absolute atomic E-state index is 13.1. The number of piperidine rings is 1. The molecule has 3 heterocycles. The Morgan fingerprint density at radius 3 is 2.88 bits per heavy atom. The highest BCUT2D eigenvalue weighted by Gasteiger charge is 2.30. The number of para-hydroxylation sites is 1. The molecule has 2 amide bonds. The molecule has 24 heavy (non-hydrogen) atoms. The minimum Gasteiger partial charge on any atom is -0.324 e. The van der Waals surface area contributed by atoms with E-state index in [4.69, 9.17) is 0 Å². The number of benzene rings is 1. The number of fused-ring (bicyclic) bond motifs is 1. The van der Waals surface area contributed by atoms with Gasteiger partial charge in [0, 0.05) is 43.6 Å². The Labute approximate surface area is 143 Å². The molecule has 1 aromatic heterocycles. The number of carbonyl (C=O) groups is 1. The lowest BCUT2D eigenvalue weighted by Gasteiger charge is -2.38. The van der Waals surface area contributed by atoms with Crippen LogP contribution in [0.25, 0.3) is 0 Å². The van der Waals surface area contributed by atoms with Crippen LogP contribution in [-0.4, -0.2) is 35.5 Å². The fourth-order valence-corrected chi connectivity index (χ4v) is 3.94. The first-order chi connectivity index (χ1) is 11.8. The van der Waals surface area contributed by atoms with E-state index in [1.165, 1.54) is 11.1 Å². The zero-order valence-electron chi connectivity index (χ0n) is 13.9. The first kappa shape index (κ1) is 15.2. The van der Waals surface area contributed by atoms with Crippen LogP contribution >= 0.6 is 0 Å². The third-order valence-corrected chi connectivity index (χ3v) is 5.19. The number of nitrogens with zero attached hydrogens (tertiary/aromatic N) is 3. The summed E-state index contributed by atoms with van der Waals surface area (Å²) in [5, 5.41) is 0. The van der Waals surface area contributed by atoms with Crippen molar-refractivity contribution in [3.63, 3.8) is 0 Å². The largest absolute Gasteiger partial charge is 0.324 e. The van der Waals surface area contributed by atoms with E-state index in [1.807, 2.05) is 28.1 Å². The maximum Gasteiger partial charge on any atom is 0.324 e. The average molecular weight is 321 g/mol. The summed E-state index contributed by atoms with van der Waals surface area (Å²) in [4.78, 5) is 21.4. The highest BCUT2D eigenvalue weighted by molar-refractivity contribution is 5.93. The lowest BCUT2D eigenvalue weighted by atomic mass is 9.92. The normalized spacial score (nSPS) is 20.6. The quantitative estimate of drug-likeness (QED) is 0.800. The van der Waals surface area contributed by atoms with E-state index < -0.39 is 0 Å². The van der Waals surface area contributed by atoms with Gasteiger partial charge in [-0.3, -0.25) is 9.88 Å². The second-order valence-corrected chi connectivity index (χ2v) is 6.74. The smallest absolute Gasteiger partial charge is 0.324 e. The fourth-order valence-electron chi connectivity index (χ4n) is 3.94. The SMILES string of the molecule is O=C(N1CCCC(c2cccnc2)C1)N1CCCc2ccccc21. The van der Waals surface area contributed by atoms with Crippen LogP contribution < -0.4 is 4.90 Å². The third kappa shape index (κ3) is 2.88. The number of hydrogen-bond acceptors (Lipinski definition) is 2. The molecule has 0 spiro atoms. The number of aryl methyl sites for hydroxylation is 1. The standard InChI is InChI=1S/C20H23N3O/c24-20(23-13-5-8-16-6-1-2-10-19(16)23)22-12-4-9-18(15-22)17-7-3-11-21-14-17/h1-3,6-7,10-11,14,18H,4-5,8-9,12-13,15H2. The van der Waals surface area contributed by atoms with Gasteiger partial charge in [-0.1, -0.05) is 24.3 Å². The number of aromatic nitrogens is 1. The Morgan fingerprint density at radius 2 is 2.00 bits per heavy atom. The van der Waals surface area contributed by atoms with Crippen LogP contribution in [0, 0.1) is 0 Å². The molecule has 1 fully saturated rings. The highest BCUT2D eigenvalue weighted by atomic mass is 16.2. The Morgan fingerprint density at radius 1 is 1.08 bits per heavy atom. The second kappa shape index (κ2) is 6.63. The first-order valence-electron chi connectivity index (χ1n) is 8.87. The van der Waals surface area contributed by atoms with Crippen LogP contribution in [-0.2, 0) is 6.42 Å². The van der Waals surface area contributed by atoms with Crippen LogP contribution in [0.5, 0.6) is 0 Å². The van der Waals surface area contributed by atoms with Gasteiger partial charge in [-0.25, -0.2) is 4.79 Å². The highest BCUT2D eigenvalue weighted by Crippen LogP contribution is 2.31. The van der Waals surface area contributed by atoms with E-state index in [2.05, 4.69) is 29.2 Å². The number of carbonyl (C=O) groups excluding carboxylic acids is 1. The van der Waals surface area contributed by atoms with Gasteiger partial charge in [0.05, 0.1) is 0 Å². The van der Waals surface area contributed by atoms with Crippen LogP contribution in [0.15, 0.2) is 48.8 Å². The molecule has 1 unspecified atom stereocenters. The van der Waals surface area contributed by atoms with Crippen molar-refractivity contribution in [2.24, 2.45) is 0 Å². The summed E-state index contributed by atoms with van der Waals surface area (Å²) in [6.45, 7) is 2.47. The van der Waals surface area contributed by atoms with E-state index in [9.17, 15) is 4.79 Å². The number of likely N-dealkylation sites (tertiary alicyclic amines) is 1. The Kier molecular flexibility index (Phi) is 4.20. The van der Waals surface area contributed by atoms with Crippen molar-refractivity contribution < 1.29 is 4.79 Å². The van der Waals surface area contributed by atoms with Crippen molar-refractivity contribution in [2.75, 3.05) is 24.5 Å². The zero-order valence-corrected chi connectivity index (χ0v) is 13.9. The van der Waals surface area contributed by atoms with Gasteiger partial charge in [0.25, 0.3) is 0 Å². The monoisotopic (exact) mass is 321 g/mol. The molecule has 0 N–H and O–H groups in total. The summed E-state index contributed by atoms with van der Waals surface area (Å²) in [5.41, 5.74) is 3.63. The van der Waals surface area contributed by atoms with E-state index >= 15 is 0 Å². The van der Waals surface area contributed by atoms with Gasteiger partial charge < -0.3 is 4.90 Å². The zero-order chi connectivity index (χ0) is 16.4. The minimum atomic E-state index is 0.163. The van der Waals surface area contributed by atoms with Gasteiger partial charge in [0.1, 0.15) is 0 Å². The molecule has 124 valence electrons. The molecule has 1 aromatic carbocycles. The van der Waals surface area contributed by atoms with E-state index in [1.54, 1.807) is 6.20 Å². The Balaban J connectivity index is 1.53. The van der Waals surface area contributed by atoms with Crippen LogP contribution in [0.4, 0.5) is 10.5 Å². The molecular weight excluding hydrogens is 298 g/mol. The molecule has 0 aliphatic carbocycles. The minimum absolute atomic E-state index is 0.163. The van der Waals surface area contributed by atoms with Crippen molar-refractivity contribution in [3.8, 4) is 0 Å². The number of urea groups is 1. The third-order valence-electron chi connectivity index (χ3n) is 5.19. The number of anilines is 1. The van der Waals surface area contributed by atoms with Crippen molar-refractivity contribution in [2.45, 2.75) is 31.6 Å². The van der Waals surface area contributed by atoms with Gasteiger partial charge in [0.15, 0.2) is 0 Å². The topological polar surface area (TPSA) is 36.4 Å². The molecule has 1 saturated heterocycles. The second-order valence-electron chi connectivity index (χ2n) is 6.74. The number of amides is 2. The molecule has 4 rings (SSSR count). The van der Waals surface area contributed by atoms with Crippen molar-refractivity contribution in [1.29, 1.82) is 0 Å². The molecule has 4 heteroatoms. The molecule has 4 nitrogen and oxygen atoms in total. The molecule has 2 aromatic rings. The summed E-state index contributed by atoms with van der Waals surface area (Å²) in [7, 11) is 0. The first-order valence-corrected chi connectivity index (χ1v) is 8.87. The lowest BCUT2D eigenvalue weighted by molar-refractivity contribution is 0.185. The Bertz CT molecular complexity index is 716. The van der Waals surface area contributed by atoms with Crippen LogP contribution in [0.2, 0.25) is 0 Å². The lowest BCUT2D eigenvalue weighted by Crippen LogP contribution is -2.48. The summed E-state index contributed by atoms with van der Waals surface area (Å²) < 4.78 is 0. The van der Waals surface area contributed by atoms with Gasteiger partial charge in [-0.2, -0.15) is 0 Å². The maximum atomic E-state index is 13.1. The van der Waals surface area contributed by atoms with Gasteiger partial charge in [0.2, 0.25) is 0 Å². The van der Waals surface area contributed by atoms with Crippen molar-refractivity contribution in [1.82, 2.24) is 9.88 Å². The van der Waals surface area contributed by atoms with Crippen molar-refractivity contribution >= 4 is 11.7 Å². The summed E-state index contributed by atoms with van der Waals surface area (Å²) >= 11 is 0. The number of pyridine rings is 1. The molecular formula is C20H23N3O. The van der Waals surface area contributed by atoms with Gasteiger partial charge in [-0.15, -0.1) is 0 Å². The number of hydrogen-bond donors (Lipinski definition) is 0. The summed E-state index contributed by atoms with van der Waals surface area (Å²) in [6.07, 6.45) is 8.04. The van der Waals surface area contributed by atoms with E-state index in [0.717, 1.165) is 51.0 Å². The van der Waals surface area contributed by atoms with Crippen molar-refractivity contribution in [3.05, 3.63) is 59.9 Å². The molecule has 1 atom stereocenters. The van der Waals surface area contributed by atoms with Crippen LogP contribution in [0.1, 0.15) is 36.3 Å². The predicted octanol–water partition coefficient (Wildman–Crippen LogP) is 3.83. The van der Waals surface area contributed by atoms with Crippen LogP contribution in [0.3, 0.4) is 0 Å². The predicted molar refractivity (Wildman–Crippen MR) is 95.3 cm³/mol. The summed E-state index contributed by atoms with van der Waals surface area (Å²) in [6, 6.07) is 12.6. The van der Waals surface area contributed by atoms with Gasteiger partial charge in [-0.05, 0) is 48.9 Å². The average Bonchev–Trinajstić information content (AvgIpc) is 2.68. The molecule has 0 bridgehead atoms. The van der Waals surface area contributed by atoms with E-state index in [0.29, 0.717) is 5.92 Å². The molecule has 0 saturated carbocycles. The van der Waals surface area contributed by atoms with Gasteiger partial charge >= 0.3 is 6.03 Å². The Hall–Kier alpha value is -2.36. The molecule has 0 radical (unpaired) electrons. The molecule has 2 aliphatic heterocycles. The number of rotatable bonds is 1. The van der Waals surface area contributed by atoms with E-state index in [-0.39, 0.29) is 6.03 Å². The fraction of sp³-hybridized carbons (Fsp3) is 0.400. The summed E-state index contributed by atoms with van der Waals surface area (Å²) in [5.74, 6) is 0.399. The molecule has 2 aliphatic rings.